The van der Waals surface area contributed by atoms with Gasteiger partial charge in [-0.1, -0.05) is 6.92 Å². The first-order valence-corrected chi connectivity index (χ1v) is 7.15. The molecule has 18 heavy (non-hydrogen) atoms. The maximum absolute atomic E-state index is 12.0. The molecule has 1 atom stereocenters. The molecule has 0 spiro atoms. The normalized spacial score (nSPS) is 12.2. The molecule has 1 amide bonds. The van der Waals surface area contributed by atoms with Gasteiger partial charge in [-0.25, -0.2) is 0 Å². The van der Waals surface area contributed by atoms with Crippen LogP contribution in [0.5, 0.6) is 0 Å². The maximum atomic E-state index is 12.0. The number of amides is 1. The third-order valence-corrected chi connectivity index (χ3v) is 3.91. The standard InChI is InChI=1S/C14H21NO2S/c1-5-9(2)15-14(17)7-6-13(16)12-8-10(3)18-11(12)4/h8-9H,5-7H2,1-4H3,(H,15,17)/t9-/m0/s1. The van der Waals surface area contributed by atoms with Crippen LogP contribution < -0.4 is 5.32 Å². The first-order valence-electron chi connectivity index (χ1n) is 6.33. The molecule has 1 aromatic heterocycles. The lowest BCUT2D eigenvalue weighted by Gasteiger charge is -2.10. The predicted molar refractivity (Wildman–Crippen MR) is 75.3 cm³/mol. The molecule has 0 aliphatic rings. The summed E-state index contributed by atoms with van der Waals surface area (Å²) >= 11 is 1.62. The summed E-state index contributed by atoms with van der Waals surface area (Å²) in [6, 6.07) is 2.09. The van der Waals surface area contributed by atoms with Crippen molar-refractivity contribution in [3.63, 3.8) is 0 Å². The molecular weight excluding hydrogens is 246 g/mol. The Balaban J connectivity index is 2.47. The van der Waals surface area contributed by atoms with E-state index in [0.717, 1.165) is 21.7 Å². The van der Waals surface area contributed by atoms with Gasteiger partial charge in [0.1, 0.15) is 0 Å². The van der Waals surface area contributed by atoms with Crippen molar-refractivity contribution in [2.75, 3.05) is 0 Å². The minimum absolute atomic E-state index is 0.0395. The lowest BCUT2D eigenvalue weighted by Crippen LogP contribution is -2.32. The number of nitrogens with one attached hydrogen (secondary N) is 1. The molecule has 0 saturated carbocycles. The third kappa shape index (κ3) is 4.26. The molecule has 1 heterocycles. The van der Waals surface area contributed by atoms with Crippen LogP contribution in [0, 0.1) is 13.8 Å². The van der Waals surface area contributed by atoms with Gasteiger partial charge in [0.25, 0.3) is 0 Å². The molecule has 3 nitrogen and oxygen atoms in total. The molecule has 1 rings (SSSR count). The van der Waals surface area contributed by atoms with Crippen LogP contribution in [0.2, 0.25) is 0 Å². The van der Waals surface area contributed by atoms with Gasteiger partial charge in [-0.2, -0.15) is 0 Å². The zero-order chi connectivity index (χ0) is 13.7. The zero-order valence-corrected chi connectivity index (χ0v) is 12.3. The van der Waals surface area contributed by atoms with Crippen molar-refractivity contribution >= 4 is 23.0 Å². The molecule has 0 radical (unpaired) electrons. The fourth-order valence-electron chi connectivity index (χ4n) is 1.72. The van der Waals surface area contributed by atoms with Gasteiger partial charge < -0.3 is 5.32 Å². The van der Waals surface area contributed by atoms with Crippen molar-refractivity contribution in [3.05, 3.63) is 21.4 Å². The molecule has 0 fully saturated rings. The Morgan fingerprint density at radius 2 is 2.00 bits per heavy atom. The first kappa shape index (κ1) is 14.9. The number of ketones is 1. The second-order valence-electron chi connectivity index (χ2n) is 4.63. The van der Waals surface area contributed by atoms with Crippen LogP contribution in [0.25, 0.3) is 0 Å². The number of Topliss-reactive ketones (excluding diaryl/α,β-unsaturated/α-hetero) is 1. The van der Waals surface area contributed by atoms with Gasteiger partial charge in [-0.05, 0) is 33.3 Å². The Morgan fingerprint density at radius 1 is 1.33 bits per heavy atom. The molecular formula is C14H21NO2S. The first-order chi connectivity index (χ1) is 8.43. The Morgan fingerprint density at radius 3 is 2.50 bits per heavy atom. The van der Waals surface area contributed by atoms with E-state index in [0.29, 0.717) is 6.42 Å². The van der Waals surface area contributed by atoms with E-state index in [9.17, 15) is 9.59 Å². The van der Waals surface area contributed by atoms with Crippen LogP contribution in [-0.2, 0) is 4.79 Å². The number of hydrogen-bond donors (Lipinski definition) is 1. The van der Waals surface area contributed by atoms with E-state index in [-0.39, 0.29) is 24.2 Å². The fourth-order valence-corrected chi connectivity index (χ4v) is 2.66. The fraction of sp³-hybridized carbons (Fsp3) is 0.571. The molecule has 0 aliphatic carbocycles. The van der Waals surface area contributed by atoms with Crippen molar-refractivity contribution in [1.82, 2.24) is 5.32 Å². The SMILES string of the molecule is CC[C@H](C)NC(=O)CCC(=O)c1cc(C)sc1C. The topological polar surface area (TPSA) is 46.2 Å². The van der Waals surface area contributed by atoms with E-state index in [1.807, 2.05) is 33.8 Å². The summed E-state index contributed by atoms with van der Waals surface area (Å²) in [6.07, 6.45) is 1.47. The van der Waals surface area contributed by atoms with Crippen molar-refractivity contribution in [3.8, 4) is 0 Å². The monoisotopic (exact) mass is 267 g/mol. The second kappa shape index (κ2) is 6.69. The summed E-state index contributed by atoms with van der Waals surface area (Å²) in [7, 11) is 0. The minimum atomic E-state index is -0.0395. The average Bonchev–Trinajstić information content (AvgIpc) is 2.65. The molecule has 1 aromatic rings. The van der Waals surface area contributed by atoms with E-state index in [1.54, 1.807) is 11.3 Å². The third-order valence-electron chi connectivity index (χ3n) is 2.94. The summed E-state index contributed by atoms with van der Waals surface area (Å²) in [5.41, 5.74) is 0.772. The van der Waals surface area contributed by atoms with Crippen LogP contribution in [0.4, 0.5) is 0 Å². The smallest absolute Gasteiger partial charge is 0.220 e. The average molecular weight is 267 g/mol. The summed E-state index contributed by atoms with van der Waals surface area (Å²) in [5.74, 6) is 0.0263. The van der Waals surface area contributed by atoms with Gasteiger partial charge in [0.15, 0.2) is 5.78 Å². The molecule has 100 valence electrons. The van der Waals surface area contributed by atoms with E-state index in [4.69, 9.17) is 0 Å². The van der Waals surface area contributed by atoms with Crippen LogP contribution in [0.1, 0.15) is 53.2 Å². The van der Waals surface area contributed by atoms with Crippen LogP contribution in [-0.4, -0.2) is 17.7 Å². The van der Waals surface area contributed by atoms with E-state index < -0.39 is 0 Å². The number of carbonyl (C=O) groups excluding carboxylic acids is 2. The van der Waals surface area contributed by atoms with Gasteiger partial charge in [0, 0.05) is 34.2 Å². The Labute approximate surface area is 113 Å². The van der Waals surface area contributed by atoms with Crippen LogP contribution in [0.3, 0.4) is 0 Å². The largest absolute Gasteiger partial charge is 0.354 e. The van der Waals surface area contributed by atoms with Crippen molar-refractivity contribution in [2.24, 2.45) is 0 Å². The van der Waals surface area contributed by atoms with Gasteiger partial charge >= 0.3 is 0 Å². The number of thiophene rings is 1. The molecule has 1 N–H and O–H groups in total. The number of hydrogen-bond acceptors (Lipinski definition) is 3. The molecule has 0 unspecified atom stereocenters. The predicted octanol–water partition coefficient (Wildman–Crippen LogP) is 3.24. The highest BCUT2D eigenvalue weighted by Crippen LogP contribution is 2.22. The van der Waals surface area contributed by atoms with Gasteiger partial charge in [0.05, 0.1) is 0 Å². The number of carbonyl (C=O) groups is 2. The van der Waals surface area contributed by atoms with Crippen LogP contribution >= 0.6 is 11.3 Å². The van der Waals surface area contributed by atoms with E-state index in [1.165, 1.54) is 0 Å². The van der Waals surface area contributed by atoms with Gasteiger partial charge in [-0.15, -0.1) is 11.3 Å². The molecule has 0 aliphatic heterocycles. The molecule has 0 aromatic carbocycles. The highest BCUT2D eigenvalue weighted by molar-refractivity contribution is 7.12. The Kier molecular flexibility index (Phi) is 5.54. The Bertz CT molecular complexity index is 437. The highest BCUT2D eigenvalue weighted by atomic mass is 32.1. The summed E-state index contributed by atoms with van der Waals surface area (Å²) in [4.78, 5) is 25.7. The minimum Gasteiger partial charge on any atom is -0.354 e. The highest BCUT2D eigenvalue weighted by Gasteiger charge is 2.14. The van der Waals surface area contributed by atoms with E-state index in [2.05, 4.69) is 5.32 Å². The summed E-state index contributed by atoms with van der Waals surface area (Å²) < 4.78 is 0. The summed E-state index contributed by atoms with van der Waals surface area (Å²) in [5, 5.41) is 2.87. The maximum Gasteiger partial charge on any atom is 0.220 e. The Hall–Kier alpha value is -1.16. The van der Waals surface area contributed by atoms with Crippen molar-refractivity contribution in [1.29, 1.82) is 0 Å². The van der Waals surface area contributed by atoms with Crippen LogP contribution in [0.15, 0.2) is 6.07 Å². The van der Waals surface area contributed by atoms with Crippen molar-refractivity contribution < 1.29 is 9.59 Å². The number of rotatable bonds is 6. The quantitative estimate of drug-likeness (QED) is 0.804. The van der Waals surface area contributed by atoms with Crippen molar-refractivity contribution in [2.45, 2.75) is 53.0 Å². The summed E-state index contributed by atoms with van der Waals surface area (Å²) in [6.45, 7) is 7.92. The zero-order valence-electron chi connectivity index (χ0n) is 11.5. The molecule has 0 saturated heterocycles. The van der Waals surface area contributed by atoms with Gasteiger partial charge in [-0.3, -0.25) is 9.59 Å². The lowest BCUT2D eigenvalue weighted by molar-refractivity contribution is -0.121. The lowest BCUT2D eigenvalue weighted by atomic mass is 10.1. The molecule has 4 heteroatoms. The second-order valence-corrected chi connectivity index (χ2v) is 6.09. The molecule has 0 bridgehead atoms. The van der Waals surface area contributed by atoms with Gasteiger partial charge in [0.2, 0.25) is 5.91 Å². The number of aryl methyl sites for hydroxylation is 2. The van der Waals surface area contributed by atoms with E-state index >= 15 is 0 Å².